The molecule has 0 aliphatic carbocycles. The van der Waals surface area contributed by atoms with Crippen LogP contribution in [0.1, 0.15) is 35.7 Å². The van der Waals surface area contributed by atoms with Gasteiger partial charge in [-0.25, -0.2) is 0 Å². The molecule has 1 N–H and O–H groups in total. The van der Waals surface area contributed by atoms with E-state index >= 15 is 0 Å². The topological polar surface area (TPSA) is 77.1 Å². The van der Waals surface area contributed by atoms with Crippen LogP contribution >= 0.6 is 0 Å². The monoisotopic (exact) mass is 426 g/mol. The van der Waals surface area contributed by atoms with Crippen molar-refractivity contribution in [3.8, 4) is 17.2 Å². The fraction of sp³-hybridized carbons (Fsp3) is 0.417. The highest BCUT2D eigenvalue weighted by Crippen LogP contribution is 2.23. The maximum Gasteiger partial charge on any atom is 0.251 e. The number of benzene rings is 2. The number of amides is 2. The van der Waals surface area contributed by atoms with Crippen molar-refractivity contribution >= 4 is 11.8 Å². The lowest BCUT2D eigenvalue weighted by Gasteiger charge is -2.32. The van der Waals surface area contributed by atoms with Gasteiger partial charge in [-0.1, -0.05) is 12.1 Å². The Balaban J connectivity index is 1.50. The molecule has 7 nitrogen and oxygen atoms in total. The Morgan fingerprint density at radius 3 is 2.13 bits per heavy atom. The number of rotatable bonds is 8. The van der Waals surface area contributed by atoms with E-state index in [2.05, 4.69) is 5.32 Å². The average Bonchev–Trinajstić information content (AvgIpc) is 2.80. The summed E-state index contributed by atoms with van der Waals surface area (Å²) < 4.78 is 15.9. The number of methoxy groups -OCH3 is 2. The Morgan fingerprint density at radius 2 is 1.58 bits per heavy atom. The number of ether oxygens (including phenoxy) is 3. The van der Waals surface area contributed by atoms with Crippen LogP contribution < -0.4 is 19.5 Å². The highest BCUT2D eigenvalue weighted by Gasteiger charge is 2.24. The molecule has 0 unspecified atom stereocenters. The van der Waals surface area contributed by atoms with Crippen LogP contribution in [0.3, 0.4) is 0 Å². The molecular weight excluding hydrogens is 396 g/mol. The second-order valence-corrected chi connectivity index (χ2v) is 7.48. The van der Waals surface area contributed by atoms with Crippen LogP contribution in [0.2, 0.25) is 0 Å². The van der Waals surface area contributed by atoms with Crippen LogP contribution in [0.15, 0.2) is 42.5 Å². The van der Waals surface area contributed by atoms with Crippen LogP contribution in [-0.2, 0) is 11.2 Å². The van der Waals surface area contributed by atoms with Crippen LogP contribution in [0, 0.1) is 0 Å². The highest BCUT2D eigenvalue weighted by molar-refractivity contribution is 5.95. The number of hydrogen-bond acceptors (Lipinski definition) is 5. The third kappa shape index (κ3) is 6.13. The normalized spacial score (nSPS) is 14.1. The van der Waals surface area contributed by atoms with Gasteiger partial charge in [-0.2, -0.15) is 0 Å². The summed E-state index contributed by atoms with van der Waals surface area (Å²) in [7, 11) is 3.10. The van der Waals surface area contributed by atoms with Crippen LogP contribution in [0.25, 0.3) is 0 Å². The van der Waals surface area contributed by atoms with E-state index in [0.717, 1.165) is 24.2 Å². The molecule has 2 aromatic carbocycles. The van der Waals surface area contributed by atoms with Crippen LogP contribution in [0.4, 0.5) is 0 Å². The first-order valence-corrected chi connectivity index (χ1v) is 10.6. The average molecular weight is 427 g/mol. The molecule has 1 heterocycles. The lowest BCUT2D eigenvalue weighted by molar-refractivity contribution is -0.131. The molecule has 166 valence electrons. The Bertz CT molecular complexity index is 867. The van der Waals surface area contributed by atoms with E-state index in [1.807, 2.05) is 36.1 Å². The number of carbonyl (C=O) groups is 2. The Morgan fingerprint density at radius 1 is 0.968 bits per heavy atom. The molecule has 3 rings (SSSR count). The molecule has 2 amide bonds. The largest absolute Gasteiger partial charge is 0.497 e. The quantitative estimate of drug-likeness (QED) is 0.702. The van der Waals surface area contributed by atoms with Gasteiger partial charge in [0.05, 0.1) is 27.2 Å². The zero-order chi connectivity index (χ0) is 22.2. The van der Waals surface area contributed by atoms with Gasteiger partial charge in [0.15, 0.2) is 0 Å². The molecular formula is C24H30N2O5. The molecule has 0 saturated carbocycles. The molecule has 0 bridgehead atoms. The van der Waals surface area contributed by atoms with Gasteiger partial charge >= 0.3 is 0 Å². The van der Waals surface area contributed by atoms with Gasteiger partial charge in [-0.05, 0) is 49.6 Å². The number of carbonyl (C=O) groups excluding carboxylic acids is 2. The van der Waals surface area contributed by atoms with E-state index in [9.17, 15) is 9.59 Å². The second kappa shape index (κ2) is 10.7. The molecule has 2 aromatic rings. The van der Waals surface area contributed by atoms with E-state index in [4.69, 9.17) is 14.2 Å². The fourth-order valence-electron chi connectivity index (χ4n) is 3.64. The molecule has 31 heavy (non-hydrogen) atoms. The summed E-state index contributed by atoms with van der Waals surface area (Å²) in [5.41, 5.74) is 1.46. The number of nitrogens with zero attached hydrogens (tertiary/aromatic N) is 1. The summed E-state index contributed by atoms with van der Waals surface area (Å²) in [4.78, 5) is 27.2. The zero-order valence-electron chi connectivity index (χ0n) is 18.3. The predicted molar refractivity (Wildman–Crippen MR) is 118 cm³/mol. The summed E-state index contributed by atoms with van der Waals surface area (Å²) in [6, 6.07) is 12.8. The summed E-state index contributed by atoms with van der Waals surface area (Å²) in [5, 5.41) is 3.06. The Kier molecular flexibility index (Phi) is 7.76. The minimum atomic E-state index is -0.170. The smallest absolute Gasteiger partial charge is 0.251 e. The van der Waals surface area contributed by atoms with E-state index in [1.54, 1.807) is 32.4 Å². The van der Waals surface area contributed by atoms with Gasteiger partial charge in [0, 0.05) is 30.8 Å². The van der Waals surface area contributed by atoms with Gasteiger partial charge in [-0.3, -0.25) is 9.59 Å². The van der Waals surface area contributed by atoms with Crippen molar-refractivity contribution in [1.82, 2.24) is 10.2 Å². The maximum absolute atomic E-state index is 12.7. The van der Waals surface area contributed by atoms with E-state index in [0.29, 0.717) is 43.2 Å². The van der Waals surface area contributed by atoms with Crippen molar-refractivity contribution in [3.05, 3.63) is 53.6 Å². The Hall–Kier alpha value is -3.22. The first-order valence-electron chi connectivity index (χ1n) is 10.6. The molecule has 1 aliphatic heterocycles. The lowest BCUT2D eigenvalue weighted by Crippen LogP contribution is -2.47. The van der Waals surface area contributed by atoms with Crippen molar-refractivity contribution in [2.24, 2.45) is 0 Å². The van der Waals surface area contributed by atoms with Crippen LogP contribution in [-0.4, -0.2) is 56.7 Å². The van der Waals surface area contributed by atoms with Crippen molar-refractivity contribution in [2.75, 3.05) is 33.9 Å². The molecule has 7 heteroatoms. The third-order valence-corrected chi connectivity index (χ3v) is 5.39. The van der Waals surface area contributed by atoms with Gasteiger partial charge in [0.1, 0.15) is 17.2 Å². The van der Waals surface area contributed by atoms with Gasteiger partial charge < -0.3 is 24.4 Å². The first kappa shape index (κ1) is 22.5. The molecule has 0 radical (unpaired) electrons. The second-order valence-electron chi connectivity index (χ2n) is 7.48. The van der Waals surface area contributed by atoms with Crippen molar-refractivity contribution in [3.63, 3.8) is 0 Å². The summed E-state index contributed by atoms with van der Waals surface area (Å²) in [5.74, 6) is 1.88. The number of hydrogen-bond donors (Lipinski definition) is 1. The van der Waals surface area contributed by atoms with Gasteiger partial charge in [0.25, 0.3) is 5.91 Å². The van der Waals surface area contributed by atoms with Crippen molar-refractivity contribution in [2.45, 2.75) is 32.2 Å². The van der Waals surface area contributed by atoms with Crippen molar-refractivity contribution in [1.29, 1.82) is 0 Å². The molecule has 1 saturated heterocycles. The maximum atomic E-state index is 12.7. The first-order chi connectivity index (χ1) is 15.0. The molecule has 1 fully saturated rings. The minimum Gasteiger partial charge on any atom is -0.497 e. The highest BCUT2D eigenvalue weighted by atomic mass is 16.5. The molecule has 0 atom stereocenters. The SMILES string of the molecule is CCOc1ccc(CC(=O)N2CCC(NC(=O)c3cc(OC)cc(OC)c3)CC2)cc1. The minimum absolute atomic E-state index is 0.0271. The van der Waals surface area contributed by atoms with Gasteiger partial charge in [0.2, 0.25) is 5.91 Å². The third-order valence-electron chi connectivity index (χ3n) is 5.39. The zero-order valence-corrected chi connectivity index (χ0v) is 18.3. The van der Waals surface area contributed by atoms with Gasteiger partial charge in [-0.15, -0.1) is 0 Å². The predicted octanol–water partition coefficient (Wildman–Crippen LogP) is 3.07. The molecule has 0 spiro atoms. The van der Waals surface area contributed by atoms with Crippen LogP contribution in [0.5, 0.6) is 17.2 Å². The van der Waals surface area contributed by atoms with E-state index < -0.39 is 0 Å². The summed E-state index contributed by atoms with van der Waals surface area (Å²) in [6.07, 6.45) is 1.82. The van der Waals surface area contributed by atoms with E-state index in [1.165, 1.54) is 0 Å². The lowest BCUT2D eigenvalue weighted by atomic mass is 10.0. The Labute approximate surface area is 183 Å². The number of piperidine rings is 1. The van der Waals surface area contributed by atoms with E-state index in [-0.39, 0.29) is 17.9 Å². The fourth-order valence-corrected chi connectivity index (χ4v) is 3.64. The standard InChI is InChI=1S/C24H30N2O5/c1-4-31-20-7-5-17(6-8-20)13-23(27)26-11-9-19(10-12-26)25-24(28)18-14-21(29-2)16-22(15-18)30-3/h5-8,14-16,19H,4,9-13H2,1-3H3,(H,25,28). The summed E-state index contributed by atoms with van der Waals surface area (Å²) >= 11 is 0. The molecule has 1 aliphatic rings. The van der Waals surface area contributed by atoms with Crippen molar-refractivity contribution < 1.29 is 23.8 Å². The summed E-state index contributed by atoms with van der Waals surface area (Å²) in [6.45, 7) is 3.82. The number of nitrogens with one attached hydrogen (secondary N) is 1. The number of likely N-dealkylation sites (tertiary alicyclic amines) is 1. The molecule has 0 aromatic heterocycles.